The third-order valence-electron chi connectivity index (χ3n) is 3.34. The molecule has 0 unspecified atom stereocenters. The van der Waals surface area contributed by atoms with E-state index in [1.807, 2.05) is 0 Å². The Morgan fingerprint density at radius 1 is 1.21 bits per heavy atom. The lowest BCUT2D eigenvalue weighted by Gasteiger charge is -2.09. The minimum absolute atomic E-state index is 0.119. The smallest absolute Gasteiger partial charge is 0.299 e. The van der Waals surface area contributed by atoms with Crippen molar-refractivity contribution in [1.29, 1.82) is 0 Å². The van der Waals surface area contributed by atoms with Crippen LogP contribution in [0.5, 0.6) is 5.88 Å². The highest BCUT2D eigenvalue weighted by molar-refractivity contribution is 7.92. The fourth-order valence-corrected chi connectivity index (χ4v) is 3.49. The van der Waals surface area contributed by atoms with E-state index >= 15 is 0 Å². The molecule has 0 atom stereocenters. The molecule has 8 nitrogen and oxygen atoms in total. The van der Waals surface area contributed by atoms with E-state index in [1.165, 1.54) is 11.6 Å². The van der Waals surface area contributed by atoms with E-state index < -0.39 is 15.2 Å². The van der Waals surface area contributed by atoms with Crippen molar-refractivity contribution in [3.05, 3.63) is 40.5 Å². The van der Waals surface area contributed by atoms with Gasteiger partial charge >= 0.3 is 0 Å². The van der Waals surface area contributed by atoms with Crippen LogP contribution in [0.25, 0.3) is 5.78 Å². The third-order valence-corrected chi connectivity index (χ3v) is 4.78. The van der Waals surface area contributed by atoms with Crippen LogP contribution in [0.15, 0.2) is 29.6 Å². The van der Waals surface area contributed by atoms with Crippen LogP contribution in [0.1, 0.15) is 11.1 Å². The van der Waals surface area contributed by atoms with Crippen LogP contribution in [0, 0.1) is 13.8 Å². The average molecular weight is 368 g/mol. The van der Waals surface area contributed by atoms with E-state index in [0.29, 0.717) is 22.7 Å². The average Bonchev–Trinajstić information content (AvgIpc) is 2.94. The number of benzene rings is 1. The van der Waals surface area contributed by atoms with Crippen LogP contribution in [0.3, 0.4) is 0 Å². The Labute approximate surface area is 143 Å². The molecular formula is C14H14ClN5O3S. The molecule has 0 bridgehead atoms. The predicted octanol–water partition coefficient (Wildman–Crippen LogP) is 2.20. The molecule has 1 aromatic carbocycles. The zero-order valence-corrected chi connectivity index (χ0v) is 14.7. The largest absolute Gasteiger partial charge is 0.481 e. The molecule has 0 spiro atoms. The molecule has 0 aliphatic heterocycles. The van der Waals surface area contributed by atoms with E-state index in [0.717, 1.165) is 0 Å². The van der Waals surface area contributed by atoms with Crippen molar-refractivity contribution in [1.82, 2.24) is 19.6 Å². The fourth-order valence-electron chi connectivity index (χ4n) is 2.14. The number of rotatable bonds is 4. The van der Waals surface area contributed by atoms with Gasteiger partial charge in [0.2, 0.25) is 5.88 Å². The van der Waals surface area contributed by atoms with Gasteiger partial charge in [-0.3, -0.25) is 4.72 Å². The Morgan fingerprint density at radius 2 is 1.96 bits per heavy atom. The van der Waals surface area contributed by atoms with Crippen molar-refractivity contribution in [2.75, 3.05) is 11.8 Å². The molecule has 1 N–H and O–H groups in total. The monoisotopic (exact) mass is 367 g/mol. The molecule has 3 rings (SSSR count). The first kappa shape index (κ1) is 16.5. The highest BCUT2D eigenvalue weighted by Gasteiger charge is 2.23. The molecule has 0 radical (unpaired) electrons. The second-order valence-electron chi connectivity index (χ2n) is 5.11. The second-order valence-corrected chi connectivity index (χ2v) is 7.09. The maximum absolute atomic E-state index is 12.5. The van der Waals surface area contributed by atoms with Crippen LogP contribution in [-0.2, 0) is 10.0 Å². The maximum Gasteiger partial charge on any atom is 0.299 e. The van der Waals surface area contributed by atoms with Gasteiger partial charge in [0.1, 0.15) is 0 Å². The Bertz CT molecular complexity index is 1010. The highest BCUT2D eigenvalue weighted by Crippen LogP contribution is 2.27. The first-order chi connectivity index (χ1) is 11.3. The number of halogens is 1. The Morgan fingerprint density at radius 3 is 2.62 bits per heavy atom. The molecule has 0 saturated heterocycles. The minimum atomic E-state index is -4.01. The van der Waals surface area contributed by atoms with Crippen LogP contribution in [-0.4, -0.2) is 35.1 Å². The van der Waals surface area contributed by atoms with Crippen LogP contribution in [0.2, 0.25) is 5.02 Å². The number of ether oxygens (including phenoxy) is 1. The third kappa shape index (κ3) is 2.87. The fraction of sp³-hybridized carbons (Fsp3) is 0.214. The first-order valence-electron chi connectivity index (χ1n) is 6.88. The van der Waals surface area contributed by atoms with E-state index in [9.17, 15) is 8.42 Å². The molecule has 2 heterocycles. The number of methoxy groups -OCH3 is 1. The number of hydrogen-bond acceptors (Lipinski definition) is 6. The van der Waals surface area contributed by atoms with Gasteiger partial charge in [-0.15, -0.1) is 5.10 Å². The summed E-state index contributed by atoms with van der Waals surface area (Å²) < 4.78 is 33.9. The standard InChI is InChI=1S/C14H14ClN5O3S/c1-8-5-4-6-10(15)11(8)19-24(21,22)14-17-13-16-12(23-3)9(2)7-20(13)18-14/h4-7,19H,1-3H3. The number of nitrogens with zero attached hydrogens (tertiary/aromatic N) is 4. The summed E-state index contributed by atoms with van der Waals surface area (Å²) in [5, 5.41) is 3.86. The molecule has 126 valence electrons. The lowest BCUT2D eigenvalue weighted by molar-refractivity contribution is 0.394. The summed E-state index contributed by atoms with van der Waals surface area (Å²) in [4.78, 5) is 8.08. The van der Waals surface area contributed by atoms with Gasteiger partial charge in [-0.2, -0.15) is 18.4 Å². The topological polar surface area (TPSA) is 98.5 Å². The lowest BCUT2D eigenvalue weighted by Crippen LogP contribution is -2.15. The zero-order valence-electron chi connectivity index (χ0n) is 13.1. The number of aromatic nitrogens is 4. The van der Waals surface area contributed by atoms with Gasteiger partial charge in [0.05, 0.1) is 17.8 Å². The van der Waals surface area contributed by atoms with Crippen molar-refractivity contribution in [3.63, 3.8) is 0 Å². The van der Waals surface area contributed by atoms with Crippen molar-refractivity contribution >= 4 is 33.1 Å². The van der Waals surface area contributed by atoms with Crippen molar-refractivity contribution in [3.8, 4) is 5.88 Å². The summed E-state index contributed by atoms with van der Waals surface area (Å²) in [5.74, 6) is 0.475. The lowest BCUT2D eigenvalue weighted by atomic mass is 10.2. The summed E-state index contributed by atoms with van der Waals surface area (Å²) >= 11 is 6.06. The molecule has 10 heteroatoms. The molecule has 24 heavy (non-hydrogen) atoms. The van der Waals surface area contributed by atoms with Crippen molar-refractivity contribution < 1.29 is 13.2 Å². The summed E-state index contributed by atoms with van der Waals surface area (Å²) in [6, 6.07) is 5.08. The van der Waals surface area contributed by atoms with Gasteiger partial charge in [0, 0.05) is 11.8 Å². The second kappa shape index (κ2) is 5.91. The van der Waals surface area contributed by atoms with Gasteiger partial charge in [0.25, 0.3) is 21.0 Å². The number of aryl methyl sites for hydroxylation is 2. The summed E-state index contributed by atoms with van der Waals surface area (Å²) in [6.45, 7) is 3.52. The van der Waals surface area contributed by atoms with Crippen LogP contribution in [0.4, 0.5) is 5.69 Å². The van der Waals surface area contributed by atoms with E-state index in [2.05, 4.69) is 19.8 Å². The number of sulfonamides is 1. The molecule has 0 fully saturated rings. The number of para-hydroxylation sites is 1. The quantitative estimate of drug-likeness (QED) is 0.759. The van der Waals surface area contributed by atoms with E-state index in [-0.39, 0.29) is 10.8 Å². The number of nitrogens with one attached hydrogen (secondary N) is 1. The van der Waals surface area contributed by atoms with E-state index in [4.69, 9.17) is 16.3 Å². The Balaban J connectivity index is 2.05. The SMILES string of the molecule is COc1nc2nc(S(=O)(=O)Nc3c(C)cccc3Cl)nn2cc1C. The Hall–Kier alpha value is -2.39. The van der Waals surface area contributed by atoms with Crippen molar-refractivity contribution in [2.45, 2.75) is 19.0 Å². The highest BCUT2D eigenvalue weighted by atomic mass is 35.5. The summed E-state index contributed by atoms with van der Waals surface area (Å²) in [7, 11) is -2.54. The molecule has 0 aliphatic carbocycles. The minimum Gasteiger partial charge on any atom is -0.481 e. The van der Waals surface area contributed by atoms with Crippen molar-refractivity contribution in [2.24, 2.45) is 0 Å². The molecular weight excluding hydrogens is 354 g/mol. The number of fused-ring (bicyclic) bond motifs is 1. The molecule has 2 aromatic heterocycles. The van der Waals surface area contributed by atoms with Gasteiger partial charge in [0.15, 0.2) is 0 Å². The molecule has 0 saturated carbocycles. The predicted molar refractivity (Wildman–Crippen MR) is 89.1 cm³/mol. The van der Waals surface area contributed by atoms with Crippen LogP contribution < -0.4 is 9.46 Å². The molecule has 0 amide bonds. The van der Waals surface area contributed by atoms with Gasteiger partial charge < -0.3 is 4.74 Å². The van der Waals surface area contributed by atoms with Gasteiger partial charge in [-0.05, 0) is 25.5 Å². The Kier molecular flexibility index (Phi) is 4.06. The van der Waals surface area contributed by atoms with Gasteiger partial charge in [-0.25, -0.2) is 4.52 Å². The summed E-state index contributed by atoms with van der Waals surface area (Å²) in [6.07, 6.45) is 1.59. The van der Waals surface area contributed by atoms with Crippen LogP contribution >= 0.6 is 11.6 Å². The normalized spacial score (nSPS) is 11.7. The zero-order chi connectivity index (χ0) is 17.5. The molecule has 3 aromatic rings. The maximum atomic E-state index is 12.5. The van der Waals surface area contributed by atoms with E-state index in [1.54, 1.807) is 38.2 Å². The molecule has 0 aliphatic rings. The number of anilines is 1. The first-order valence-corrected chi connectivity index (χ1v) is 8.74. The number of hydrogen-bond donors (Lipinski definition) is 1. The summed E-state index contributed by atoms with van der Waals surface area (Å²) in [5.41, 5.74) is 1.68. The van der Waals surface area contributed by atoms with Gasteiger partial charge in [-0.1, -0.05) is 23.7 Å².